The molecule has 0 saturated heterocycles. The Morgan fingerprint density at radius 2 is 2.40 bits per heavy atom. The van der Waals surface area contributed by atoms with Gasteiger partial charge in [0.05, 0.1) is 0 Å². The van der Waals surface area contributed by atoms with E-state index in [1.807, 2.05) is 19.4 Å². The molecule has 0 saturated carbocycles. The van der Waals surface area contributed by atoms with E-state index in [1.54, 1.807) is 0 Å². The van der Waals surface area contributed by atoms with Crippen LogP contribution in [0.5, 0.6) is 0 Å². The quantitative estimate of drug-likeness (QED) is 0.564. The molecule has 0 unspecified atom stereocenters. The van der Waals surface area contributed by atoms with Crippen LogP contribution in [-0.2, 0) is 0 Å². The summed E-state index contributed by atoms with van der Waals surface area (Å²) in [5.41, 5.74) is 2.67. The molecule has 0 aromatic carbocycles. The van der Waals surface area contributed by atoms with E-state index in [-0.39, 0.29) is 0 Å². The van der Waals surface area contributed by atoms with Gasteiger partial charge in [0.15, 0.2) is 0 Å². The number of nitrogens with one attached hydrogen (secondary N) is 2. The van der Waals surface area contributed by atoms with E-state index in [0.29, 0.717) is 6.04 Å². The lowest BCUT2D eigenvalue weighted by molar-refractivity contribution is 0.768. The van der Waals surface area contributed by atoms with Gasteiger partial charge in [-0.2, -0.15) is 0 Å². The van der Waals surface area contributed by atoms with Crippen LogP contribution >= 0.6 is 0 Å². The van der Waals surface area contributed by atoms with Crippen molar-refractivity contribution in [2.45, 2.75) is 19.9 Å². The molecule has 56 valence electrons. The topological polar surface area (TPSA) is 24.1 Å². The van der Waals surface area contributed by atoms with Crippen molar-refractivity contribution in [2.75, 3.05) is 7.05 Å². The highest BCUT2D eigenvalue weighted by molar-refractivity contribution is 5.37. The van der Waals surface area contributed by atoms with Crippen molar-refractivity contribution in [1.29, 1.82) is 0 Å². The zero-order valence-electron chi connectivity index (χ0n) is 6.73. The predicted octanol–water partition coefficient (Wildman–Crippen LogP) is 0.985. The molecule has 0 amide bonds. The average Bonchev–Trinajstić information content (AvgIpc) is 2.20. The Hall–Kier alpha value is -0.920. The molecule has 2 heteroatoms. The molecule has 1 rings (SSSR count). The van der Waals surface area contributed by atoms with Gasteiger partial charge in [-0.1, -0.05) is 0 Å². The van der Waals surface area contributed by atoms with Crippen molar-refractivity contribution in [3.8, 4) is 0 Å². The monoisotopic (exact) mass is 138 g/mol. The van der Waals surface area contributed by atoms with Gasteiger partial charge in [0.1, 0.15) is 0 Å². The average molecular weight is 138 g/mol. The molecule has 0 radical (unpaired) electrons. The molecule has 2 nitrogen and oxygen atoms in total. The summed E-state index contributed by atoms with van der Waals surface area (Å²) >= 11 is 0. The Kier molecular flexibility index (Phi) is 2.00. The minimum atomic E-state index is 0.465. The van der Waals surface area contributed by atoms with E-state index in [0.717, 1.165) is 0 Å². The van der Waals surface area contributed by atoms with Gasteiger partial charge in [-0.05, 0) is 25.0 Å². The van der Waals surface area contributed by atoms with Crippen LogP contribution in [0.3, 0.4) is 0 Å². The first-order chi connectivity index (χ1) is 4.75. The van der Waals surface area contributed by atoms with Crippen LogP contribution in [0.4, 0.5) is 0 Å². The minimum Gasteiger partial charge on any atom is -0.394 e. The summed E-state index contributed by atoms with van der Waals surface area (Å²) in [4.78, 5) is 0. The van der Waals surface area contributed by atoms with Gasteiger partial charge in [-0.15, -0.1) is 0 Å². The summed E-state index contributed by atoms with van der Waals surface area (Å²) in [6.07, 6.45) is 4.09. The Balaban J connectivity index is 2.74. The summed E-state index contributed by atoms with van der Waals surface area (Å²) < 4.78 is 0. The van der Waals surface area contributed by atoms with Gasteiger partial charge in [-0.3, -0.25) is 0 Å². The molecule has 1 heterocycles. The van der Waals surface area contributed by atoms with E-state index >= 15 is 0 Å². The van der Waals surface area contributed by atoms with E-state index in [1.165, 1.54) is 11.1 Å². The minimum absolute atomic E-state index is 0.465. The number of rotatable bonds is 1. The van der Waals surface area contributed by atoms with Crippen molar-refractivity contribution in [3.63, 3.8) is 0 Å². The third-order valence-corrected chi connectivity index (χ3v) is 1.77. The molecular formula is C8H14N2. The molecule has 0 fully saturated rings. The van der Waals surface area contributed by atoms with Gasteiger partial charge in [0, 0.05) is 25.5 Å². The Bertz CT molecular complexity index is 180. The predicted molar refractivity (Wildman–Crippen MR) is 43.5 cm³/mol. The molecule has 10 heavy (non-hydrogen) atoms. The van der Waals surface area contributed by atoms with Crippen molar-refractivity contribution in [3.05, 3.63) is 23.5 Å². The van der Waals surface area contributed by atoms with Gasteiger partial charge in [0.2, 0.25) is 0 Å². The lowest BCUT2D eigenvalue weighted by Crippen LogP contribution is -2.17. The van der Waals surface area contributed by atoms with Crippen LogP contribution in [0.2, 0.25) is 0 Å². The summed E-state index contributed by atoms with van der Waals surface area (Å²) in [5, 5.41) is 6.26. The fraction of sp³-hybridized carbons (Fsp3) is 0.500. The smallest absolute Gasteiger partial charge is 0.0497 e. The molecule has 1 aliphatic rings. The fourth-order valence-electron chi connectivity index (χ4n) is 1.16. The molecule has 1 aliphatic heterocycles. The lowest BCUT2D eigenvalue weighted by Gasteiger charge is -2.06. The maximum atomic E-state index is 3.23. The largest absolute Gasteiger partial charge is 0.394 e. The van der Waals surface area contributed by atoms with Crippen LogP contribution in [0.15, 0.2) is 23.5 Å². The summed E-state index contributed by atoms with van der Waals surface area (Å²) in [5.74, 6) is 0. The molecule has 0 aromatic heterocycles. The molecule has 0 aromatic rings. The maximum absolute atomic E-state index is 3.23. The Morgan fingerprint density at radius 3 is 2.80 bits per heavy atom. The van der Waals surface area contributed by atoms with E-state index in [2.05, 4.69) is 24.5 Å². The second-order valence-electron chi connectivity index (χ2n) is 2.60. The zero-order chi connectivity index (χ0) is 7.56. The fourth-order valence-corrected chi connectivity index (χ4v) is 1.16. The standard InChI is InChI=1S/C8H14N2/c1-6-4-10-7(2)8(6)5-9-3/h4-5,7,9-10H,1-3H3/b8-5-/t7-/m0/s1. The number of hydrogen-bond donors (Lipinski definition) is 2. The van der Waals surface area contributed by atoms with Gasteiger partial charge >= 0.3 is 0 Å². The third kappa shape index (κ3) is 1.15. The molecule has 0 aliphatic carbocycles. The second kappa shape index (κ2) is 2.78. The van der Waals surface area contributed by atoms with Crippen molar-refractivity contribution >= 4 is 0 Å². The highest BCUT2D eigenvalue weighted by Gasteiger charge is 2.13. The molecule has 0 bridgehead atoms. The maximum Gasteiger partial charge on any atom is 0.0497 e. The summed E-state index contributed by atoms with van der Waals surface area (Å²) in [7, 11) is 1.92. The Morgan fingerprint density at radius 1 is 1.70 bits per heavy atom. The first-order valence-electron chi connectivity index (χ1n) is 3.56. The van der Waals surface area contributed by atoms with Crippen molar-refractivity contribution in [2.24, 2.45) is 0 Å². The molecule has 1 atom stereocenters. The third-order valence-electron chi connectivity index (χ3n) is 1.77. The Labute approximate surface area is 62.0 Å². The van der Waals surface area contributed by atoms with Gasteiger partial charge in [0.25, 0.3) is 0 Å². The van der Waals surface area contributed by atoms with Crippen molar-refractivity contribution < 1.29 is 0 Å². The van der Waals surface area contributed by atoms with E-state index in [9.17, 15) is 0 Å². The van der Waals surface area contributed by atoms with Crippen LogP contribution in [0.25, 0.3) is 0 Å². The van der Waals surface area contributed by atoms with Crippen LogP contribution in [-0.4, -0.2) is 13.1 Å². The molecule has 2 N–H and O–H groups in total. The zero-order valence-corrected chi connectivity index (χ0v) is 6.73. The van der Waals surface area contributed by atoms with Crippen LogP contribution in [0, 0.1) is 0 Å². The molecule has 0 spiro atoms. The molecular weight excluding hydrogens is 124 g/mol. The van der Waals surface area contributed by atoms with E-state index in [4.69, 9.17) is 0 Å². The number of hydrogen-bond acceptors (Lipinski definition) is 2. The van der Waals surface area contributed by atoms with Crippen LogP contribution < -0.4 is 10.6 Å². The SMILES string of the molecule is CN/C=C1/C(C)=CN[C@H]1C. The summed E-state index contributed by atoms with van der Waals surface area (Å²) in [6.45, 7) is 4.26. The van der Waals surface area contributed by atoms with E-state index < -0.39 is 0 Å². The lowest BCUT2D eigenvalue weighted by atomic mass is 10.1. The van der Waals surface area contributed by atoms with Crippen molar-refractivity contribution in [1.82, 2.24) is 10.6 Å². The normalized spacial score (nSPS) is 28.1. The summed E-state index contributed by atoms with van der Waals surface area (Å²) in [6, 6.07) is 0.465. The van der Waals surface area contributed by atoms with Gasteiger partial charge in [-0.25, -0.2) is 0 Å². The second-order valence-corrected chi connectivity index (χ2v) is 2.60. The highest BCUT2D eigenvalue weighted by Crippen LogP contribution is 2.17. The highest BCUT2D eigenvalue weighted by atomic mass is 14.9. The first kappa shape index (κ1) is 7.19. The first-order valence-corrected chi connectivity index (χ1v) is 3.56. The van der Waals surface area contributed by atoms with Gasteiger partial charge < -0.3 is 10.6 Å². The van der Waals surface area contributed by atoms with Crippen LogP contribution in [0.1, 0.15) is 13.8 Å².